The number of carboxylic acids is 2. The summed E-state index contributed by atoms with van der Waals surface area (Å²) in [5.74, 6) is -2.02. The summed E-state index contributed by atoms with van der Waals surface area (Å²) in [6, 6.07) is 16.0. The topological polar surface area (TPSA) is 98.1 Å². The Morgan fingerprint density at radius 3 is 2.38 bits per heavy atom. The largest absolute Gasteiger partial charge is 0.478 e. The summed E-state index contributed by atoms with van der Waals surface area (Å²) in [6.07, 6.45) is 7.64. The Morgan fingerprint density at radius 2 is 1.68 bits per heavy atom. The van der Waals surface area contributed by atoms with Crippen LogP contribution >= 0.6 is 0 Å². The van der Waals surface area contributed by atoms with Crippen LogP contribution < -0.4 is 4.90 Å². The van der Waals surface area contributed by atoms with E-state index in [1.54, 1.807) is 11.0 Å². The molecule has 196 valence electrons. The van der Waals surface area contributed by atoms with Crippen LogP contribution in [0.5, 0.6) is 0 Å². The predicted octanol–water partition coefficient (Wildman–Crippen LogP) is 5.15. The number of Topliss-reactive ketones (excluding diaryl/α,β-unsaturated/α-hetero) is 1. The number of carbonyl (C=O) groups is 3. The summed E-state index contributed by atoms with van der Waals surface area (Å²) in [4.78, 5) is 40.4. The SMILES string of the molecule is O=C(O)/C=C(\C(=O)O)N1CCCCCc2ccc(C(=O)CCC3CCN(Cc4ccccc4)CC3)cc21. The second kappa shape index (κ2) is 12.7. The van der Waals surface area contributed by atoms with Crippen LogP contribution in [-0.4, -0.2) is 52.5 Å². The number of carbonyl (C=O) groups excluding carboxylic acids is 1. The van der Waals surface area contributed by atoms with E-state index in [9.17, 15) is 24.6 Å². The van der Waals surface area contributed by atoms with Crippen molar-refractivity contribution in [2.24, 2.45) is 5.92 Å². The highest BCUT2D eigenvalue weighted by Gasteiger charge is 2.25. The Hall–Kier alpha value is -3.45. The molecule has 0 radical (unpaired) electrons. The molecule has 7 nitrogen and oxygen atoms in total. The van der Waals surface area contributed by atoms with Crippen LogP contribution in [0.3, 0.4) is 0 Å². The van der Waals surface area contributed by atoms with Gasteiger partial charge in [-0.15, -0.1) is 0 Å². The van der Waals surface area contributed by atoms with E-state index in [4.69, 9.17) is 0 Å². The number of aliphatic carboxylic acids is 2. The van der Waals surface area contributed by atoms with Gasteiger partial charge in [0.2, 0.25) is 0 Å². The van der Waals surface area contributed by atoms with Gasteiger partial charge in [0.1, 0.15) is 5.70 Å². The number of hydrogen-bond donors (Lipinski definition) is 2. The summed E-state index contributed by atoms with van der Waals surface area (Å²) < 4.78 is 0. The number of carboxylic acid groups (broad SMARTS) is 2. The number of anilines is 1. The number of nitrogens with zero attached hydrogens (tertiary/aromatic N) is 2. The predicted molar refractivity (Wildman–Crippen MR) is 143 cm³/mol. The fourth-order valence-corrected chi connectivity index (χ4v) is 5.46. The maximum atomic E-state index is 13.2. The number of benzene rings is 2. The monoisotopic (exact) mass is 504 g/mol. The zero-order valence-electron chi connectivity index (χ0n) is 21.3. The molecule has 7 heteroatoms. The highest BCUT2D eigenvalue weighted by molar-refractivity contribution is 6.00. The van der Waals surface area contributed by atoms with E-state index in [1.165, 1.54) is 5.56 Å². The van der Waals surface area contributed by atoms with Crippen molar-refractivity contribution in [3.63, 3.8) is 0 Å². The Labute approximate surface area is 218 Å². The Kier molecular flexibility index (Phi) is 9.12. The molecule has 2 heterocycles. The van der Waals surface area contributed by atoms with Crippen LogP contribution in [-0.2, 0) is 22.6 Å². The number of likely N-dealkylation sites (tertiary alicyclic amines) is 1. The van der Waals surface area contributed by atoms with Crippen molar-refractivity contribution < 1.29 is 24.6 Å². The van der Waals surface area contributed by atoms with Gasteiger partial charge >= 0.3 is 11.9 Å². The molecule has 0 amide bonds. The molecule has 0 bridgehead atoms. The van der Waals surface area contributed by atoms with Gasteiger partial charge in [0.15, 0.2) is 5.78 Å². The molecule has 37 heavy (non-hydrogen) atoms. The van der Waals surface area contributed by atoms with E-state index in [0.717, 1.165) is 76.2 Å². The minimum absolute atomic E-state index is 0.0515. The second-order valence-corrected chi connectivity index (χ2v) is 10.1. The van der Waals surface area contributed by atoms with E-state index >= 15 is 0 Å². The van der Waals surface area contributed by atoms with Crippen molar-refractivity contribution in [3.8, 4) is 0 Å². The van der Waals surface area contributed by atoms with E-state index in [2.05, 4.69) is 29.2 Å². The molecule has 2 N–H and O–H groups in total. The van der Waals surface area contributed by atoms with E-state index < -0.39 is 11.9 Å². The van der Waals surface area contributed by atoms with Gasteiger partial charge in [-0.05, 0) is 74.7 Å². The summed E-state index contributed by atoms with van der Waals surface area (Å²) in [5.41, 5.74) is 3.19. The van der Waals surface area contributed by atoms with Crippen molar-refractivity contribution in [3.05, 3.63) is 77.0 Å². The molecular weight excluding hydrogens is 468 g/mol. The summed E-state index contributed by atoms with van der Waals surface area (Å²) in [5, 5.41) is 19.0. The molecule has 2 aromatic carbocycles. The average molecular weight is 505 g/mol. The molecule has 0 spiro atoms. The summed E-state index contributed by atoms with van der Waals surface area (Å²) in [7, 11) is 0. The minimum Gasteiger partial charge on any atom is -0.478 e. The van der Waals surface area contributed by atoms with Gasteiger partial charge in [-0.1, -0.05) is 48.9 Å². The molecule has 1 saturated heterocycles. The zero-order chi connectivity index (χ0) is 26.2. The van der Waals surface area contributed by atoms with E-state index in [-0.39, 0.29) is 11.5 Å². The third-order valence-electron chi connectivity index (χ3n) is 7.53. The van der Waals surface area contributed by atoms with Crippen LogP contribution in [0.2, 0.25) is 0 Å². The van der Waals surface area contributed by atoms with Gasteiger partial charge in [-0.3, -0.25) is 9.69 Å². The fraction of sp³-hybridized carbons (Fsp3) is 0.433. The normalized spacial score (nSPS) is 17.5. The number of ketones is 1. The van der Waals surface area contributed by atoms with Crippen LogP contribution in [0.25, 0.3) is 0 Å². The Bertz CT molecular complexity index is 1140. The maximum absolute atomic E-state index is 13.2. The highest BCUT2D eigenvalue weighted by Crippen LogP contribution is 2.31. The summed E-state index contributed by atoms with van der Waals surface area (Å²) >= 11 is 0. The van der Waals surface area contributed by atoms with Crippen LogP contribution in [0.4, 0.5) is 5.69 Å². The van der Waals surface area contributed by atoms with Crippen LogP contribution in [0, 0.1) is 5.92 Å². The minimum atomic E-state index is -1.30. The highest BCUT2D eigenvalue weighted by atomic mass is 16.4. The van der Waals surface area contributed by atoms with Gasteiger partial charge in [-0.2, -0.15) is 0 Å². The third kappa shape index (κ3) is 7.29. The standard InChI is InChI=1S/C30H36N2O5/c33-28(13-10-22-14-17-31(18-15-22)21-23-7-3-1-4-8-23)25-12-11-24-9-5-2-6-16-32(26(24)19-25)27(30(36)37)20-29(34)35/h1,3-4,7-8,11-12,19-20,22H,2,5-6,9-10,13-18,21H2,(H,34,35)(H,36,37)/b27-20+. The number of piperidine rings is 1. The van der Waals surface area contributed by atoms with E-state index in [0.29, 0.717) is 30.1 Å². The Balaban J connectivity index is 1.40. The zero-order valence-corrected chi connectivity index (χ0v) is 21.3. The van der Waals surface area contributed by atoms with Gasteiger partial charge in [0.25, 0.3) is 0 Å². The van der Waals surface area contributed by atoms with Gasteiger partial charge < -0.3 is 15.1 Å². The van der Waals surface area contributed by atoms with Crippen LogP contribution in [0.1, 0.15) is 66.4 Å². The smallest absolute Gasteiger partial charge is 0.352 e. The van der Waals surface area contributed by atoms with Gasteiger partial charge in [0.05, 0.1) is 6.08 Å². The lowest BCUT2D eigenvalue weighted by atomic mass is 9.89. The molecule has 4 rings (SSSR count). The molecule has 2 aliphatic heterocycles. The number of rotatable bonds is 9. The lowest BCUT2D eigenvalue weighted by molar-refractivity contribution is -0.135. The molecule has 2 aliphatic rings. The molecule has 0 aromatic heterocycles. The van der Waals surface area contributed by atoms with Crippen molar-refractivity contribution in [1.82, 2.24) is 4.90 Å². The summed E-state index contributed by atoms with van der Waals surface area (Å²) in [6.45, 7) is 3.44. The number of aryl methyl sites for hydroxylation is 1. The molecule has 0 saturated carbocycles. The molecule has 1 fully saturated rings. The first-order chi connectivity index (χ1) is 17.9. The molecule has 2 aromatic rings. The van der Waals surface area contributed by atoms with Crippen molar-refractivity contribution >= 4 is 23.4 Å². The molecule has 0 atom stereocenters. The van der Waals surface area contributed by atoms with Crippen molar-refractivity contribution in [2.75, 3.05) is 24.5 Å². The third-order valence-corrected chi connectivity index (χ3v) is 7.53. The molecule has 0 aliphatic carbocycles. The van der Waals surface area contributed by atoms with Crippen molar-refractivity contribution in [1.29, 1.82) is 0 Å². The number of hydrogen-bond acceptors (Lipinski definition) is 5. The average Bonchev–Trinajstić information content (AvgIpc) is 2.88. The first-order valence-electron chi connectivity index (χ1n) is 13.3. The number of fused-ring (bicyclic) bond motifs is 1. The van der Waals surface area contributed by atoms with Crippen LogP contribution in [0.15, 0.2) is 60.3 Å². The van der Waals surface area contributed by atoms with Crippen molar-refractivity contribution in [2.45, 2.75) is 57.9 Å². The second-order valence-electron chi connectivity index (χ2n) is 10.1. The quantitative estimate of drug-likeness (QED) is 0.360. The van der Waals surface area contributed by atoms with E-state index in [1.807, 2.05) is 18.2 Å². The van der Waals surface area contributed by atoms with Gasteiger partial charge in [0, 0.05) is 30.8 Å². The molecule has 0 unspecified atom stereocenters. The lowest BCUT2D eigenvalue weighted by Gasteiger charge is -2.32. The first kappa shape index (κ1) is 26.6. The first-order valence-corrected chi connectivity index (χ1v) is 13.3. The van der Waals surface area contributed by atoms with Gasteiger partial charge in [-0.25, -0.2) is 9.59 Å². The lowest BCUT2D eigenvalue weighted by Crippen LogP contribution is -2.33. The molecular formula is C30H36N2O5. The fourth-order valence-electron chi connectivity index (χ4n) is 5.46. The maximum Gasteiger partial charge on any atom is 0.352 e. The Morgan fingerprint density at radius 1 is 0.919 bits per heavy atom.